The van der Waals surface area contributed by atoms with Gasteiger partial charge in [0, 0.05) is 23.9 Å². The quantitative estimate of drug-likeness (QED) is 0.701. The van der Waals surface area contributed by atoms with Gasteiger partial charge in [-0.25, -0.2) is 0 Å². The Labute approximate surface area is 90.7 Å². The summed E-state index contributed by atoms with van der Waals surface area (Å²) < 4.78 is 0. The molecule has 1 atom stereocenters. The van der Waals surface area contributed by atoms with Gasteiger partial charge in [0.15, 0.2) is 5.78 Å². The van der Waals surface area contributed by atoms with E-state index in [1.807, 2.05) is 0 Å². The fraction of sp³-hybridized carbons (Fsp3) is 0.538. The number of carbonyl (C=O) groups excluding carboxylic acids is 1. The van der Waals surface area contributed by atoms with Crippen LogP contribution < -0.4 is 0 Å². The van der Waals surface area contributed by atoms with Gasteiger partial charge in [-0.05, 0) is 29.9 Å². The van der Waals surface area contributed by atoms with Crippen LogP contribution in [0.3, 0.4) is 0 Å². The van der Waals surface area contributed by atoms with Gasteiger partial charge in [0.1, 0.15) is 0 Å². The molecule has 1 heterocycles. The summed E-state index contributed by atoms with van der Waals surface area (Å²) in [5.74, 6) is 1.18. The maximum absolute atomic E-state index is 11.7. The van der Waals surface area contributed by atoms with Crippen LogP contribution in [-0.2, 0) is 0 Å². The normalized spacial score (nSPS) is 20.5. The summed E-state index contributed by atoms with van der Waals surface area (Å²) in [5, 5.41) is 0. The average molecular weight is 203 g/mol. The summed E-state index contributed by atoms with van der Waals surface area (Å²) in [6.45, 7) is 6.45. The average Bonchev–Trinajstić information content (AvgIpc) is 2.23. The van der Waals surface area contributed by atoms with E-state index >= 15 is 0 Å². The highest BCUT2D eigenvalue weighted by molar-refractivity contribution is 5.98. The third kappa shape index (κ3) is 1.81. The molecule has 0 N–H and O–H groups in total. The lowest BCUT2D eigenvalue weighted by atomic mass is 9.83. The van der Waals surface area contributed by atoms with Crippen LogP contribution in [0.5, 0.6) is 0 Å². The van der Waals surface area contributed by atoms with Crippen molar-refractivity contribution in [1.82, 2.24) is 4.98 Å². The summed E-state index contributed by atoms with van der Waals surface area (Å²) in [6.07, 6.45) is 3.42. The maximum atomic E-state index is 11.7. The number of Topliss-reactive ketones (excluding diaryl/α,β-unsaturated/α-hetero) is 1. The van der Waals surface area contributed by atoms with E-state index in [1.54, 1.807) is 6.20 Å². The van der Waals surface area contributed by atoms with Crippen LogP contribution in [0, 0.1) is 0 Å². The van der Waals surface area contributed by atoms with Crippen molar-refractivity contribution < 1.29 is 4.79 Å². The molecule has 0 saturated carbocycles. The van der Waals surface area contributed by atoms with Crippen molar-refractivity contribution in [2.75, 3.05) is 0 Å². The molecule has 0 saturated heterocycles. The molecule has 80 valence electrons. The molecule has 0 amide bonds. The number of fused-ring (bicyclic) bond motifs is 1. The van der Waals surface area contributed by atoms with E-state index in [-0.39, 0.29) is 5.78 Å². The molecular formula is C13H17NO. The van der Waals surface area contributed by atoms with Crippen LogP contribution in [0.25, 0.3) is 0 Å². The van der Waals surface area contributed by atoms with Gasteiger partial charge in [0.2, 0.25) is 0 Å². The zero-order valence-electron chi connectivity index (χ0n) is 9.58. The van der Waals surface area contributed by atoms with Gasteiger partial charge in [0.05, 0.1) is 0 Å². The highest BCUT2D eigenvalue weighted by atomic mass is 16.1. The van der Waals surface area contributed by atoms with Gasteiger partial charge in [-0.15, -0.1) is 0 Å². The minimum atomic E-state index is 0.255. The van der Waals surface area contributed by atoms with Crippen LogP contribution in [0.2, 0.25) is 0 Å². The maximum Gasteiger partial charge on any atom is 0.164 e. The van der Waals surface area contributed by atoms with Crippen molar-refractivity contribution in [3.05, 3.63) is 29.1 Å². The minimum absolute atomic E-state index is 0.255. The minimum Gasteiger partial charge on any atom is -0.294 e. The molecule has 2 heteroatoms. The molecule has 15 heavy (non-hydrogen) atoms. The Kier molecular flexibility index (Phi) is 2.59. The Hall–Kier alpha value is -1.18. The van der Waals surface area contributed by atoms with E-state index < -0.39 is 0 Å². The number of hydrogen-bond acceptors (Lipinski definition) is 2. The van der Waals surface area contributed by atoms with E-state index in [1.165, 1.54) is 5.56 Å². The van der Waals surface area contributed by atoms with Gasteiger partial charge < -0.3 is 0 Å². The van der Waals surface area contributed by atoms with Crippen LogP contribution in [-0.4, -0.2) is 10.8 Å². The van der Waals surface area contributed by atoms with E-state index in [0.717, 1.165) is 17.7 Å². The third-order valence-corrected chi connectivity index (χ3v) is 3.18. The Bertz CT molecular complexity index is 396. The SMILES string of the molecule is CC(C)c1cc2c(cn1)C(=O)CCC2C. The molecule has 1 unspecified atom stereocenters. The third-order valence-electron chi connectivity index (χ3n) is 3.18. The van der Waals surface area contributed by atoms with Crippen molar-refractivity contribution >= 4 is 5.78 Å². The van der Waals surface area contributed by atoms with Gasteiger partial charge in [-0.2, -0.15) is 0 Å². The summed E-state index contributed by atoms with van der Waals surface area (Å²) in [4.78, 5) is 16.0. The molecule has 0 spiro atoms. The van der Waals surface area contributed by atoms with Crippen LogP contribution >= 0.6 is 0 Å². The highest BCUT2D eigenvalue weighted by Gasteiger charge is 2.23. The molecule has 0 bridgehead atoms. The van der Waals surface area contributed by atoms with Gasteiger partial charge >= 0.3 is 0 Å². The topological polar surface area (TPSA) is 30.0 Å². The Balaban J connectivity index is 2.50. The van der Waals surface area contributed by atoms with E-state index in [9.17, 15) is 4.79 Å². The monoisotopic (exact) mass is 203 g/mol. The van der Waals surface area contributed by atoms with Crippen molar-refractivity contribution in [1.29, 1.82) is 0 Å². The second-order valence-corrected chi connectivity index (χ2v) is 4.71. The first kappa shape index (κ1) is 10.3. The van der Waals surface area contributed by atoms with Gasteiger partial charge in [0.25, 0.3) is 0 Å². The lowest BCUT2D eigenvalue weighted by molar-refractivity contribution is 0.0967. The summed E-state index contributed by atoms with van der Waals surface area (Å²) in [6, 6.07) is 2.11. The smallest absolute Gasteiger partial charge is 0.164 e. The van der Waals surface area contributed by atoms with Crippen LogP contribution in [0.4, 0.5) is 0 Å². The molecule has 1 aliphatic carbocycles. The lowest BCUT2D eigenvalue weighted by Crippen LogP contribution is -2.15. The fourth-order valence-electron chi connectivity index (χ4n) is 2.08. The first-order valence-electron chi connectivity index (χ1n) is 5.62. The Morgan fingerprint density at radius 1 is 1.47 bits per heavy atom. The first-order valence-corrected chi connectivity index (χ1v) is 5.62. The summed E-state index contributed by atoms with van der Waals surface area (Å²) in [5.41, 5.74) is 3.14. The number of carbonyl (C=O) groups is 1. The van der Waals surface area contributed by atoms with Crippen molar-refractivity contribution in [2.24, 2.45) is 0 Å². The number of pyridine rings is 1. The van der Waals surface area contributed by atoms with Gasteiger partial charge in [-0.3, -0.25) is 9.78 Å². The molecule has 2 nitrogen and oxygen atoms in total. The second kappa shape index (κ2) is 3.76. The molecular weight excluding hydrogens is 186 g/mol. The van der Waals surface area contributed by atoms with Crippen LogP contribution in [0.15, 0.2) is 12.3 Å². The molecule has 0 aliphatic heterocycles. The number of aromatic nitrogens is 1. The lowest BCUT2D eigenvalue weighted by Gasteiger charge is -2.22. The molecule has 0 radical (unpaired) electrons. The molecule has 1 aromatic heterocycles. The predicted molar refractivity (Wildman–Crippen MR) is 60.3 cm³/mol. The van der Waals surface area contributed by atoms with E-state index in [0.29, 0.717) is 18.3 Å². The van der Waals surface area contributed by atoms with Gasteiger partial charge in [-0.1, -0.05) is 20.8 Å². The predicted octanol–water partition coefficient (Wildman–Crippen LogP) is 3.29. The number of rotatable bonds is 1. The number of ketones is 1. The molecule has 2 rings (SSSR count). The molecule has 0 fully saturated rings. The molecule has 0 aromatic carbocycles. The molecule has 1 aromatic rings. The standard InChI is InChI=1S/C13H17NO/c1-8(2)12-6-10-9(3)4-5-13(15)11(10)7-14-12/h6-9H,4-5H2,1-3H3. The fourth-order valence-corrected chi connectivity index (χ4v) is 2.08. The van der Waals surface area contributed by atoms with Crippen molar-refractivity contribution in [3.63, 3.8) is 0 Å². The molecule has 1 aliphatic rings. The zero-order valence-corrected chi connectivity index (χ0v) is 9.58. The number of nitrogens with zero attached hydrogens (tertiary/aromatic N) is 1. The largest absolute Gasteiger partial charge is 0.294 e. The van der Waals surface area contributed by atoms with E-state index in [2.05, 4.69) is 31.8 Å². The summed E-state index contributed by atoms with van der Waals surface area (Å²) in [7, 11) is 0. The highest BCUT2D eigenvalue weighted by Crippen LogP contribution is 2.32. The zero-order chi connectivity index (χ0) is 11.0. The Morgan fingerprint density at radius 3 is 2.87 bits per heavy atom. The first-order chi connectivity index (χ1) is 7.09. The van der Waals surface area contributed by atoms with Crippen molar-refractivity contribution in [3.8, 4) is 0 Å². The second-order valence-electron chi connectivity index (χ2n) is 4.71. The van der Waals surface area contributed by atoms with Crippen molar-refractivity contribution in [2.45, 2.75) is 45.4 Å². The van der Waals surface area contributed by atoms with Crippen LogP contribution in [0.1, 0.15) is 67.1 Å². The summed E-state index contributed by atoms with van der Waals surface area (Å²) >= 11 is 0. The number of hydrogen-bond donors (Lipinski definition) is 0. The Morgan fingerprint density at radius 2 is 2.20 bits per heavy atom. The van der Waals surface area contributed by atoms with E-state index in [4.69, 9.17) is 0 Å².